The summed E-state index contributed by atoms with van der Waals surface area (Å²) >= 11 is 0. The summed E-state index contributed by atoms with van der Waals surface area (Å²) in [5, 5.41) is 12.3. The average molecular weight is 239 g/mol. The number of hydrogen-bond acceptors (Lipinski definition) is 2. The van der Waals surface area contributed by atoms with Crippen LogP contribution in [0, 0.1) is 11.8 Å². The molecule has 0 radical (unpaired) electrons. The van der Waals surface area contributed by atoms with E-state index < -0.39 is 0 Å². The van der Waals surface area contributed by atoms with Crippen molar-refractivity contribution in [3.05, 3.63) is 0 Å². The van der Waals surface area contributed by atoms with Crippen molar-refractivity contribution in [1.29, 1.82) is 0 Å². The Kier molecular flexibility index (Phi) is 4.84. The van der Waals surface area contributed by atoms with Crippen LogP contribution in [0.4, 0.5) is 0 Å². The Balaban J connectivity index is 1.65. The van der Waals surface area contributed by atoms with Crippen LogP contribution in [0.15, 0.2) is 0 Å². The Labute approximate surface area is 104 Å². The fraction of sp³-hybridized carbons (Fsp3) is 0.929. The monoisotopic (exact) mass is 239 g/mol. The van der Waals surface area contributed by atoms with Crippen LogP contribution in [0.5, 0.6) is 0 Å². The van der Waals surface area contributed by atoms with Crippen molar-refractivity contribution in [3.63, 3.8) is 0 Å². The van der Waals surface area contributed by atoms with Gasteiger partial charge in [-0.25, -0.2) is 0 Å². The van der Waals surface area contributed by atoms with Crippen LogP contribution in [0.2, 0.25) is 0 Å². The molecule has 0 bridgehead atoms. The standard InChI is InChI=1S/C14H25NO2/c16-10-12-6-3-7-13(12)15-14(17)9-8-11-4-1-2-5-11/h11-13,16H,1-10H2,(H,15,17). The molecule has 2 aliphatic carbocycles. The van der Waals surface area contributed by atoms with Gasteiger partial charge in [-0.15, -0.1) is 0 Å². The van der Waals surface area contributed by atoms with Gasteiger partial charge >= 0.3 is 0 Å². The van der Waals surface area contributed by atoms with E-state index in [-0.39, 0.29) is 18.6 Å². The molecule has 0 aromatic rings. The molecule has 2 N–H and O–H groups in total. The van der Waals surface area contributed by atoms with Crippen molar-refractivity contribution in [3.8, 4) is 0 Å². The van der Waals surface area contributed by atoms with Gasteiger partial charge < -0.3 is 10.4 Å². The highest BCUT2D eigenvalue weighted by molar-refractivity contribution is 5.76. The number of aliphatic hydroxyl groups is 1. The summed E-state index contributed by atoms with van der Waals surface area (Å²) in [6.07, 6.45) is 10.3. The number of carbonyl (C=O) groups is 1. The van der Waals surface area contributed by atoms with Crippen LogP contribution in [0.25, 0.3) is 0 Å². The second-order valence-electron chi connectivity index (χ2n) is 5.74. The lowest BCUT2D eigenvalue weighted by atomic mass is 10.0. The lowest BCUT2D eigenvalue weighted by Crippen LogP contribution is -2.38. The molecule has 0 aromatic heterocycles. The predicted molar refractivity (Wildman–Crippen MR) is 67.5 cm³/mol. The van der Waals surface area contributed by atoms with Crippen LogP contribution < -0.4 is 5.32 Å². The van der Waals surface area contributed by atoms with E-state index in [1.807, 2.05) is 0 Å². The SMILES string of the molecule is O=C(CCC1CCCC1)NC1CCCC1CO. The Bertz CT molecular complexity index is 249. The number of aliphatic hydroxyl groups excluding tert-OH is 1. The highest BCUT2D eigenvalue weighted by Gasteiger charge is 2.27. The van der Waals surface area contributed by atoms with E-state index in [9.17, 15) is 9.90 Å². The molecule has 98 valence electrons. The topological polar surface area (TPSA) is 49.3 Å². The van der Waals surface area contributed by atoms with Gasteiger partial charge in [-0.3, -0.25) is 4.79 Å². The van der Waals surface area contributed by atoms with E-state index in [1.54, 1.807) is 0 Å². The first-order chi connectivity index (χ1) is 8.29. The van der Waals surface area contributed by atoms with Gasteiger partial charge in [0.1, 0.15) is 0 Å². The second kappa shape index (κ2) is 6.39. The fourth-order valence-corrected chi connectivity index (χ4v) is 3.36. The molecule has 2 aliphatic rings. The molecule has 0 saturated heterocycles. The number of nitrogens with one attached hydrogen (secondary N) is 1. The normalized spacial score (nSPS) is 29.7. The minimum absolute atomic E-state index is 0.197. The molecule has 0 heterocycles. The van der Waals surface area contributed by atoms with E-state index in [1.165, 1.54) is 25.7 Å². The quantitative estimate of drug-likeness (QED) is 0.773. The Morgan fingerprint density at radius 2 is 1.88 bits per heavy atom. The van der Waals surface area contributed by atoms with Gasteiger partial charge in [-0.05, 0) is 25.2 Å². The molecule has 1 amide bonds. The van der Waals surface area contributed by atoms with Gasteiger partial charge in [0.2, 0.25) is 5.91 Å². The maximum absolute atomic E-state index is 11.8. The summed E-state index contributed by atoms with van der Waals surface area (Å²) in [7, 11) is 0. The third-order valence-corrected chi connectivity index (χ3v) is 4.49. The zero-order chi connectivity index (χ0) is 12.1. The fourth-order valence-electron chi connectivity index (χ4n) is 3.36. The predicted octanol–water partition coefficient (Wildman–Crippen LogP) is 2.23. The Morgan fingerprint density at radius 1 is 1.12 bits per heavy atom. The van der Waals surface area contributed by atoms with E-state index in [2.05, 4.69) is 5.32 Å². The summed E-state index contributed by atoms with van der Waals surface area (Å²) in [5.41, 5.74) is 0. The van der Waals surface area contributed by atoms with Gasteiger partial charge in [0.15, 0.2) is 0 Å². The summed E-state index contributed by atoms with van der Waals surface area (Å²) in [6.45, 7) is 0.216. The third kappa shape index (κ3) is 3.70. The first-order valence-electron chi connectivity index (χ1n) is 7.20. The van der Waals surface area contributed by atoms with Crippen molar-refractivity contribution in [2.45, 2.75) is 63.8 Å². The van der Waals surface area contributed by atoms with Crippen LogP contribution >= 0.6 is 0 Å². The molecule has 0 spiro atoms. The largest absolute Gasteiger partial charge is 0.396 e. The highest BCUT2D eigenvalue weighted by Crippen LogP contribution is 2.29. The summed E-state index contributed by atoms with van der Waals surface area (Å²) in [4.78, 5) is 11.8. The van der Waals surface area contributed by atoms with Crippen molar-refractivity contribution >= 4 is 5.91 Å². The van der Waals surface area contributed by atoms with Crippen molar-refractivity contribution in [1.82, 2.24) is 5.32 Å². The lowest BCUT2D eigenvalue weighted by Gasteiger charge is -2.19. The first-order valence-corrected chi connectivity index (χ1v) is 7.20. The van der Waals surface area contributed by atoms with Crippen molar-refractivity contribution in [2.75, 3.05) is 6.61 Å². The van der Waals surface area contributed by atoms with Gasteiger partial charge in [0.25, 0.3) is 0 Å². The zero-order valence-corrected chi connectivity index (χ0v) is 10.7. The van der Waals surface area contributed by atoms with Crippen molar-refractivity contribution in [2.24, 2.45) is 11.8 Å². The molecule has 3 nitrogen and oxygen atoms in total. The molecule has 17 heavy (non-hydrogen) atoms. The molecule has 2 rings (SSSR count). The average Bonchev–Trinajstić information content (AvgIpc) is 2.97. The highest BCUT2D eigenvalue weighted by atomic mass is 16.3. The lowest BCUT2D eigenvalue weighted by molar-refractivity contribution is -0.122. The molecule has 2 unspecified atom stereocenters. The molecule has 0 aromatic carbocycles. The molecule has 2 saturated carbocycles. The molecular weight excluding hydrogens is 214 g/mol. The molecule has 0 aliphatic heterocycles. The third-order valence-electron chi connectivity index (χ3n) is 4.49. The summed E-state index contributed by atoms with van der Waals surface area (Å²) < 4.78 is 0. The first kappa shape index (κ1) is 12.9. The van der Waals surface area contributed by atoms with Crippen molar-refractivity contribution < 1.29 is 9.90 Å². The maximum atomic E-state index is 11.8. The van der Waals surface area contributed by atoms with Crippen LogP contribution in [-0.4, -0.2) is 23.7 Å². The second-order valence-corrected chi connectivity index (χ2v) is 5.74. The zero-order valence-electron chi connectivity index (χ0n) is 10.7. The number of hydrogen-bond donors (Lipinski definition) is 2. The summed E-state index contributed by atoms with van der Waals surface area (Å²) in [5.74, 6) is 1.28. The van der Waals surface area contributed by atoms with E-state index in [4.69, 9.17) is 0 Å². The van der Waals surface area contributed by atoms with Crippen LogP contribution in [-0.2, 0) is 4.79 Å². The van der Waals surface area contributed by atoms with Gasteiger partial charge in [0.05, 0.1) is 0 Å². The van der Waals surface area contributed by atoms with Gasteiger partial charge in [0, 0.05) is 25.0 Å². The number of carbonyl (C=O) groups excluding carboxylic acids is 1. The van der Waals surface area contributed by atoms with Crippen LogP contribution in [0.3, 0.4) is 0 Å². The number of rotatable bonds is 5. The Morgan fingerprint density at radius 3 is 2.59 bits per heavy atom. The molecular formula is C14H25NO2. The maximum Gasteiger partial charge on any atom is 0.220 e. The summed E-state index contributed by atoms with van der Waals surface area (Å²) in [6, 6.07) is 0.232. The van der Waals surface area contributed by atoms with E-state index >= 15 is 0 Å². The van der Waals surface area contributed by atoms with Gasteiger partial charge in [-0.1, -0.05) is 32.1 Å². The minimum atomic E-state index is 0.197. The molecule has 3 heteroatoms. The van der Waals surface area contributed by atoms with Crippen LogP contribution in [0.1, 0.15) is 57.8 Å². The molecule has 2 atom stereocenters. The van der Waals surface area contributed by atoms with Gasteiger partial charge in [-0.2, -0.15) is 0 Å². The van der Waals surface area contributed by atoms with E-state index in [0.717, 1.165) is 31.6 Å². The Hall–Kier alpha value is -0.570. The molecule has 2 fully saturated rings. The minimum Gasteiger partial charge on any atom is -0.396 e. The number of amides is 1. The smallest absolute Gasteiger partial charge is 0.220 e. The van der Waals surface area contributed by atoms with E-state index in [0.29, 0.717) is 12.3 Å².